The summed E-state index contributed by atoms with van der Waals surface area (Å²) >= 11 is 1.75. The van der Waals surface area contributed by atoms with Gasteiger partial charge in [0, 0.05) is 18.4 Å². The highest BCUT2D eigenvalue weighted by Crippen LogP contribution is 2.29. The van der Waals surface area contributed by atoms with Crippen LogP contribution in [0.4, 0.5) is 0 Å². The van der Waals surface area contributed by atoms with Crippen LogP contribution in [-0.2, 0) is 0 Å². The smallest absolute Gasteiger partial charge is 0.150 e. The Morgan fingerprint density at radius 3 is 2.84 bits per heavy atom. The molecule has 2 aromatic rings. The lowest BCUT2D eigenvalue weighted by atomic mass is 10.0. The Kier molecular flexibility index (Phi) is 5.16. The minimum absolute atomic E-state index is 0.463. The van der Waals surface area contributed by atoms with Crippen LogP contribution in [0.1, 0.15) is 39.2 Å². The molecular weight excluding hydrogens is 254 g/mol. The second-order valence-electron chi connectivity index (χ2n) is 4.79. The van der Waals surface area contributed by atoms with Gasteiger partial charge in [-0.05, 0) is 31.3 Å². The van der Waals surface area contributed by atoms with Crippen LogP contribution < -0.4 is 5.32 Å². The number of aromatic nitrogens is 2. The van der Waals surface area contributed by atoms with E-state index >= 15 is 0 Å². The predicted molar refractivity (Wildman–Crippen MR) is 82.6 cm³/mol. The van der Waals surface area contributed by atoms with Crippen LogP contribution in [0.5, 0.6) is 0 Å². The molecule has 2 atom stereocenters. The summed E-state index contributed by atoms with van der Waals surface area (Å²) in [6.07, 6.45) is 7.53. The average Bonchev–Trinajstić information content (AvgIpc) is 3.08. The molecule has 0 amide bonds. The zero-order valence-electron chi connectivity index (χ0n) is 12.0. The van der Waals surface area contributed by atoms with Crippen LogP contribution in [0.15, 0.2) is 29.9 Å². The molecule has 104 valence electrons. The first-order chi connectivity index (χ1) is 9.31. The Labute approximate surface area is 119 Å². The monoisotopic (exact) mass is 277 g/mol. The molecule has 2 rings (SSSR count). The fourth-order valence-electron chi connectivity index (χ4n) is 2.69. The molecule has 0 radical (unpaired) electrons. The minimum Gasteiger partial charge on any atom is -0.326 e. The lowest BCUT2D eigenvalue weighted by molar-refractivity contribution is 0.339. The number of nitrogens with one attached hydrogen (secondary N) is 1. The van der Waals surface area contributed by atoms with Gasteiger partial charge in [-0.15, -0.1) is 11.3 Å². The van der Waals surface area contributed by atoms with E-state index in [0.717, 1.165) is 12.2 Å². The van der Waals surface area contributed by atoms with Crippen molar-refractivity contribution in [2.75, 3.05) is 7.05 Å². The Morgan fingerprint density at radius 1 is 1.42 bits per heavy atom. The first-order valence-electron chi connectivity index (χ1n) is 7.05. The van der Waals surface area contributed by atoms with E-state index in [1.807, 2.05) is 6.20 Å². The van der Waals surface area contributed by atoms with E-state index in [-0.39, 0.29) is 0 Å². The number of hydrogen-bond acceptors (Lipinski definition) is 3. The lowest BCUT2D eigenvalue weighted by Gasteiger charge is -2.28. The molecule has 0 aromatic carbocycles. The summed E-state index contributed by atoms with van der Waals surface area (Å²) in [5.74, 6) is 1.10. The molecule has 3 nitrogen and oxygen atoms in total. The Morgan fingerprint density at radius 2 is 2.26 bits per heavy atom. The molecule has 4 heteroatoms. The van der Waals surface area contributed by atoms with Gasteiger partial charge in [-0.1, -0.05) is 26.3 Å². The van der Waals surface area contributed by atoms with E-state index in [1.165, 1.54) is 17.7 Å². The van der Waals surface area contributed by atoms with Crippen LogP contribution in [0, 0.1) is 0 Å². The normalized spacial score (nSPS) is 14.5. The van der Waals surface area contributed by atoms with Crippen molar-refractivity contribution in [1.82, 2.24) is 14.9 Å². The molecule has 0 aliphatic carbocycles. The van der Waals surface area contributed by atoms with E-state index in [4.69, 9.17) is 0 Å². The molecule has 2 heterocycles. The molecule has 0 aliphatic heterocycles. The minimum atomic E-state index is 0.463. The van der Waals surface area contributed by atoms with Gasteiger partial charge in [0.15, 0.2) is 0 Å². The first kappa shape index (κ1) is 14.3. The number of hydrogen-bond donors (Lipinski definition) is 1. The summed E-state index contributed by atoms with van der Waals surface area (Å²) in [7, 11) is 2.06. The fourth-order valence-corrected chi connectivity index (χ4v) is 3.42. The highest BCUT2D eigenvalue weighted by molar-refractivity contribution is 7.13. The maximum Gasteiger partial charge on any atom is 0.150 e. The van der Waals surface area contributed by atoms with Crippen molar-refractivity contribution in [3.63, 3.8) is 0 Å². The van der Waals surface area contributed by atoms with E-state index in [2.05, 4.69) is 59.5 Å². The van der Waals surface area contributed by atoms with Gasteiger partial charge < -0.3 is 9.88 Å². The maximum absolute atomic E-state index is 4.55. The fraction of sp³-hybridized carbons (Fsp3) is 0.533. The third-order valence-corrected chi connectivity index (χ3v) is 4.49. The number of likely N-dealkylation sites (N-methyl/N-ethyl adjacent to an activating group) is 1. The molecule has 0 saturated heterocycles. The predicted octanol–water partition coefficient (Wildman–Crippen LogP) is 3.95. The Bertz CT molecular complexity index is 475. The van der Waals surface area contributed by atoms with Crippen LogP contribution in [0.3, 0.4) is 0 Å². The molecular formula is C15H23N3S. The standard InChI is InChI=1S/C15H23N3S/c1-4-7-12(16-3)13(5-2)18-10-9-17-15(18)14-8-6-11-19-14/h6,8-13,16H,4-5,7H2,1-3H3. The van der Waals surface area contributed by atoms with E-state index in [9.17, 15) is 0 Å². The molecule has 2 unspecified atom stereocenters. The van der Waals surface area contributed by atoms with Crippen molar-refractivity contribution in [3.05, 3.63) is 29.9 Å². The zero-order valence-corrected chi connectivity index (χ0v) is 12.8. The van der Waals surface area contributed by atoms with E-state index < -0.39 is 0 Å². The quantitative estimate of drug-likeness (QED) is 0.830. The highest BCUT2D eigenvalue weighted by atomic mass is 32.1. The van der Waals surface area contributed by atoms with Gasteiger partial charge >= 0.3 is 0 Å². The molecule has 0 saturated carbocycles. The molecule has 0 fully saturated rings. The number of nitrogens with zero attached hydrogens (tertiary/aromatic N) is 2. The van der Waals surface area contributed by atoms with Crippen LogP contribution in [0.25, 0.3) is 10.7 Å². The molecule has 1 N–H and O–H groups in total. The van der Waals surface area contributed by atoms with Crippen molar-refractivity contribution >= 4 is 11.3 Å². The number of thiophene rings is 1. The average molecular weight is 277 g/mol. The largest absolute Gasteiger partial charge is 0.326 e. The van der Waals surface area contributed by atoms with Crippen molar-refractivity contribution in [1.29, 1.82) is 0 Å². The van der Waals surface area contributed by atoms with Gasteiger partial charge in [0.1, 0.15) is 5.82 Å². The summed E-state index contributed by atoms with van der Waals surface area (Å²) in [6, 6.07) is 5.19. The number of imidazole rings is 1. The lowest BCUT2D eigenvalue weighted by Crippen LogP contribution is -2.35. The summed E-state index contributed by atoms with van der Waals surface area (Å²) < 4.78 is 2.34. The second-order valence-corrected chi connectivity index (χ2v) is 5.74. The van der Waals surface area contributed by atoms with Gasteiger partial charge in [0.25, 0.3) is 0 Å². The topological polar surface area (TPSA) is 29.9 Å². The van der Waals surface area contributed by atoms with Crippen molar-refractivity contribution in [2.24, 2.45) is 0 Å². The van der Waals surface area contributed by atoms with Gasteiger partial charge in [0.2, 0.25) is 0 Å². The van der Waals surface area contributed by atoms with Crippen LogP contribution in [-0.4, -0.2) is 22.6 Å². The van der Waals surface area contributed by atoms with E-state index in [0.29, 0.717) is 12.1 Å². The van der Waals surface area contributed by atoms with E-state index in [1.54, 1.807) is 11.3 Å². The van der Waals surface area contributed by atoms with Gasteiger partial charge in [-0.25, -0.2) is 4.98 Å². The first-order valence-corrected chi connectivity index (χ1v) is 7.93. The van der Waals surface area contributed by atoms with Crippen molar-refractivity contribution < 1.29 is 0 Å². The SMILES string of the molecule is CCCC(NC)C(CC)n1ccnc1-c1cccs1. The summed E-state index contributed by atoms with van der Waals surface area (Å²) in [4.78, 5) is 5.80. The second kappa shape index (κ2) is 6.87. The van der Waals surface area contributed by atoms with Gasteiger partial charge in [-0.2, -0.15) is 0 Å². The zero-order chi connectivity index (χ0) is 13.7. The molecule has 0 spiro atoms. The summed E-state index contributed by atoms with van der Waals surface area (Å²) in [6.45, 7) is 4.49. The van der Waals surface area contributed by atoms with Gasteiger partial charge in [-0.3, -0.25) is 0 Å². The molecule has 19 heavy (non-hydrogen) atoms. The van der Waals surface area contributed by atoms with Gasteiger partial charge in [0.05, 0.1) is 10.9 Å². The van der Waals surface area contributed by atoms with Crippen molar-refractivity contribution in [2.45, 2.75) is 45.2 Å². The highest BCUT2D eigenvalue weighted by Gasteiger charge is 2.22. The van der Waals surface area contributed by atoms with Crippen molar-refractivity contribution in [3.8, 4) is 10.7 Å². The third kappa shape index (κ3) is 3.07. The Hall–Kier alpha value is -1.13. The van der Waals surface area contributed by atoms with Crippen LogP contribution in [0.2, 0.25) is 0 Å². The molecule has 2 aromatic heterocycles. The maximum atomic E-state index is 4.55. The molecule has 0 bridgehead atoms. The summed E-state index contributed by atoms with van der Waals surface area (Å²) in [5, 5.41) is 5.58. The Balaban J connectivity index is 2.31. The van der Waals surface area contributed by atoms with Crippen LogP contribution >= 0.6 is 11.3 Å². The molecule has 0 aliphatic rings. The summed E-state index contributed by atoms with van der Waals surface area (Å²) in [5.41, 5.74) is 0. The third-order valence-electron chi connectivity index (χ3n) is 3.62. The number of rotatable bonds is 7.